The number of hydrogen-bond acceptors (Lipinski definition) is 3. The summed E-state index contributed by atoms with van der Waals surface area (Å²) in [4.78, 5) is 16.0. The number of carboxylic acid groups (broad SMARTS) is 1. The van der Waals surface area contributed by atoms with Crippen LogP contribution in [0.25, 0.3) is 22.0 Å². The molecule has 1 atom stereocenters. The Morgan fingerprint density at radius 1 is 0.919 bits per heavy atom. The zero-order valence-corrected chi connectivity index (χ0v) is 20.5. The predicted octanol–water partition coefficient (Wildman–Crippen LogP) is 7.11. The molecular formula is C32H26N2O3. The van der Waals surface area contributed by atoms with E-state index in [-0.39, 0.29) is 5.92 Å². The number of benzene rings is 4. The fourth-order valence-corrected chi connectivity index (χ4v) is 5.12. The van der Waals surface area contributed by atoms with Crippen LogP contribution in [-0.2, 0) is 13.0 Å². The number of fused-ring (bicyclic) bond motifs is 2. The van der Waals surface area contributed by atoms with Gasteiger partial charge < -0.3 is 14.4 Å². The zero-order valence-electron chi connectivity index (χ0n) is 20.5. The summed E-state index contributed by atoms with van der Waals surface area (Å²) in [7, 11) is 1.69. The predicted molar refractivity (Wildman–Crippen MR) is 147 cm³/mol. The molecule has 4 aromatic carbocycles. The van der Waals surface area contributed by atoms with Crippen molar-refractivity contribution in [2.45, 2.75) is 18.9 Å². The number of nitrogens with zero attached hydrogens (tertiary/aromatic N) is 2. The van der Waals surface area contributed by atoms with Gasteiger partial charge in [0, 0.05) is 30.4 Å². The minimum atomic E-state index is -0.906. The standard InChI is InChI=1S/C32H26N2O3/c1-37-28-7-3-5-22(16-28)20-34-13-12-23-8-9-25(18-31(23)34)24-10-11-30-29(17-24)27(19-33-30)15-21-4-2-6-26(14-21)32(35)36/h2-14,16-19,27H,15,20H2,1H3,(H,35,36). The van der Waals surface area contributed by atoms with Crippen LogP contribution in [0.1, 0.15) is 33.0 Å². The molecule has 5 heteroatoms. The molecule has 0 amide bonds. The van der Waals surface area contributed by atoms with Gasteiger partial charge in [0.05, 0.1) is 18.4 Å². The smallest absolute Gasteiger partial charge is 0.335 e. The van der Waals surface area contributed by atoms with Crippen molar-refractivity contribution in [2.24, 2.45) is 4.99 Å². The summed E-state index contributed by atoms with van der Waals surface area (Å²) in [5.41, 5.74) is 8.11. The molecule has 5 nitrogen and oxygen atoms in total. The van der Waals surface area contributed by atoms with Crippen LogP contribution in [0.2, 0.25) is 0 Å². The van der Waals surface area contributed by atoms with E-state index in [2.05, 4.69) is 70.4 Å². The number of methoxy groups -OCH3 is 1. The molecule has 1 aliphatic rings. The molecule has 1 unspecified atom stereocenters. The summed E-state index contributed by atoms with van der Waals surface area (Å²) in [6.45, 7) is 0.764. The van der Waals surface area contributed by atoms with Gasteiger partial charge in [-0.1, -0.05) is 42.5 Å². The second-order valence-electron chi connectivity index (χ2n) is 9.44. The van der Waals surface area contributed by atoms with Gasteiger partial charge in [0.25, 0.3) is 0 Å². The van der Waals surface area contributed by atoms with Crippen molar-refractivity contribution in [3.63, 3.8) is 0 Å². The lowest BCUT2D eigenvalue weighted by Crippen LogP contribution is -2.03. The fourth-order valence-electron chi connectivity index (χ4n) is 5.12. The molecule has 0 bridgehead atoms. The van der Waals surface area contributed by atoms with Crippen molar-refractivity contribution in [1.29, 1.82) is 0 Å². The van der Waals surface area contributed by atoms with E-state index in [1.54, 1.807) is 25.3 Å². The first kappa shape index (κ1) is 22.8. The SMILES string of the molecule is COc1cccc(Cn2ccc3ccc(-c4ccc5c(c4)C(Cc4cccc(C(=O)O)c4)C=N5)cc32)c1. The van der Waals surface area contributed by atoms with Crippen LogP contribution in [0.4, 0.5) is 5.69 Å². The Bertz CT molecular complexity index is 1660. The maximum atomic E-state index is 11.4. The lowest BCUT2D eigenvalue weighted by Gasteiger charge is -2.13. The molecule has 0 fully saturated rings. The number of aromatic carboxylic acids is 1. The maximum Gasteiger partial charge on any atom is 0.335 e. The van der Waals surface area contributed by atoms with Gasteiger partial charge in [0.2, 0.25) is 0 Å². The normalized spacial score (nSPS) is 14.1. The molecule has 5 aromatic rings. The molecule has 1 aliphatic heterocycles. The first-order chi connectivity index (χ1) is 18.1. The minimum Gasteiger partial charge on any atom is -0.497 e. The Hall–Kier alpha value is -4.64. The number of rotatable bonds is 7. The van der Waals surface area contributed by atoms with Crippen molar-refractivity contribution < 1.29 is 14.6 Å². The van der Waals surface area contributed by atoms with E-state index in [4.69, 9.17) is 4.74 Å². The molecule has 0 radical (unpaired) electrons. The number of aromatic nitrogens is 1. The quantitative estimate of drug-likeness (QED) is 0.267. The van der Waals surface area contributed by atoms with Crippen LogP contribution in [0, 0.1) is 0 Å². The molecule has 0 saturated heterocycles. The average molecular weight is 487 g/mol. The lowest BCUT2D eigenvalue weighted by molar-refractivity contribution is 0.0696. The highest BCUT2D eigenvalue weighted by atomic mass is 16.5. The minimum absolute atomic E-state index is 0.111. The molecule has 37 heavy (non-hydrogen) atoms. The summed E-state index contributed by atoms with van der Waals surface area (Å²) in [6, 6.07) is 30.5. The molecule has 0 saturated carbocycles. The van der Waals surface area contributed by atoms with Crippen LogP contribution < -0.4 is 4.74 Å². The van der Waals surface area contributed by atoms with Crippen molar-refractivity contribution in [3.8, 4) is 16.9 Å². The number of carbonyl (C=O) groups is 1. The van der Waals surface area contributed by atoms with Gasteiger partial charge >= 0.3 is 5.97 Å². The van der Waals surface area contributed by atoms with Gasteiger partial charge in [-0.25, -0.2) is 4.79 Å². The van der Waals surface area contributed by atoms with Gasteiger partial charge in [-0.05, 0) is 88.2 Å². The van der Waals surface area contributed by atoms with Crippen molar-refractivity contribution in [2.75, 3.05) is 7.11 Å². The van der Waals surface area contributed by atoms with Crippen molar-refractivity contribution in [3.05, 3.63) is 119 Å². The number of carboxylic acids is 1. The Labute approximate surface area is 215 Å². The summed E-state index contributed by atoms with van der Waals surface area (Å²) < 4.78 is 7.66. The number of aliphatic imine (C=N–C) groups is 1. The van der Waals surface area contributed by atoms with Gasteiger partial charge in [-0.3, -0.25) is 4.99 Å². The molecule has 0 aliphatic carbocycles. The van der Waals surface area contributed by atoms with Crippen LogP contribution >= 0.6 is 0 Å². The van der Waals surface area contributed by atoms with Crippen molar-refractivity contribution >= 4 is 28.8 Å². The molecular weight excluding hydrogens is 460 g/mol. The Balaban J connectivity index is 1.30. The van der Waals surface area contributed by atoms with Gasteiger partial charge in [-0.15, -0.1) is 0 Å². The van der Waals surface area contributed by atoms with Crippen LogP contribution in [-0.4, -0.2) is 29.0 Å². The first-order valence-electron chi connectivity index (χ1n) is 12.3. The summed E-state index contributed by atoms with van der Waals surface area (Å²) in [5, 5.41) is 10.5. The first-order valence-corrected chi connectivity index (χ1v) is 12.3. The highest BCUT2D eigenvalue weighted by Crippen LogP contribution is 2.38. The van der Waals surface area contributed by atoms with E-state index in [1.165, 1.54) is 22.0 Å². The molecule has 1 N–H and O–H groups in total. The van der Waals surface area contributed by atoms with E-state index in [0.29, 0.717) is 12.0 Å². The van der Waals surface area contributed by atoms with Crippen LogP contribution in [0.5, 0.6) is 5.75 Å². The third-order valence-corrected chi connectivity index (χ3v) is 7.04. The fraction of sp³-hybridized carbons (Fsp3) is 0.125. The monoisotopic (exact) mass is 486 g/mol. The highest BCUT2D eigenvalue weighted by molar-refractivity contribution is 5.89. The van der Waals surface area contributed by atoms with E-state index >= 15 is 0 Å². The summed E-state index contributed by atoms with van der Waals surface area (Å²) >= 11 is 0. The number of hydrogen-bond donors (Lipinski definition) is 1. The second-order valence-corrected chi connectivity index (χ2v) is 9.44. The maximum absolute atomic E-state index is 11.4. The summed E-state index contributed by atoms with van der Waals surface area (Å²) in [6.07, 6.45) is 4.82. The van der Waals surface area contributed by atoms with Gasteiger partial charge in [0.1, 0.15) is 5.75 Å². The second kappa shape index (κ2) is 9.43. The van der Waals surface area contributed by atoms with Crippen molar-refractivity contribution in [1.82, 2.24) is 4.57 Å². The van der Waals surface area contributed by atoms with Gasteiger partial charge in [-0.2, -0.15) is 0 Å². The lowest BCUT2D eigenvalue weighted by atomic mass is 9.91. The van der Waals surface area contributed by atoms with E-state index < -0.39 is 5.97 Å². The average Bonchev–Trinajstić information content (AvgIpc) is 3.52. The van der Waals surface area contributed by atoms with E-state index in [1.807, 2.05) is 24.4 Å². The zero-order chi connectivity index (χ0) is 25.4. The Morgan fingerprint density at radius 3 is 2.59 bits per heavy atom. The number of ether oxygens (including phenoxy) is 1. The molecule has 182 valence electrons. The van der Waals surface area contributed by atoms with Crippen LogP contribution in [0.15, 0.2) is 102 Å². The molecule has 1 aromatic heterocycles. The largest absolute Gasteiger partial charge is 0.497 e. The molecule has 2 heterocycles. The third kappa shape index (κ3) is 4.52. The summed E-state index contributed by atoms with van der Waals surface area (Å²) in [5.74, 6) is 0.0649. The topological polar surface area (TPSA) is 63.8 Å². The Morgan fingerprint density at radius 2 is 1.73 bits per heavy atom. The van der Waals surface area contributed by atoms with E-state index in [0.717, 1.165) is 34.7 Å². The van der Waals surface area contributed by atoms with E-state index in [9.17, 15) is 9.90 Å². The van der Waals surface area contributed by atoms with Gasteiger partial charge in [0.15, 0.2) is 0 Å². The highest BCUT2D eigenvalue weighted by Gasteiger charge is 2.21. The molecule has 6 rings (SSSR count). The molecule has 0 spiro atoms. The van der Waals surface area contributed by atoms with Crippen LogP contribution in [0.3, 0.4) is 0 Å². The Kier molecular flexibility index (Phi) is 5.81. The third-order valence-electron chi connectivity index (χ3n) is 7.04.